The number of hydrogen-bond donors (Lipinski definition) is 2. The second-order valence-corrected chi connectivity index (χ2v) is 12.1. The van der Waals surface area contributed by atoms with Gasteiger partial charge in [0.2, 0.25) is 0 Å². The van der Waals surface area contributed by atoms with Gasteiger partial charge in [0.15, 0.2) is 0 Å². The third kappa shape index (κ3) is 5.90. The van der Waals surface area contributed by atoms with E-state index in [4.69, 9.17) is 11.6 Å². The standard InChI is InChI=1S/C29H24ClN3O4S2/c1-19(21-7-3-2-4-8-21)31-28(34)24-9-5-6-10-25(24)32-39(36,37)23-15-16-26-27(17-23)38-29(35)33(26)18-20-11-13-22(30)14-12-20/h2-17,19,32H,18H2,1H3,(H,31,34)/t19-/m0/s1. The Balaban J connectivity index is 1.39. The summed E-state index contributed by atoms with van der Waals surface area (Å²) < 4.78 is 31.4. The highest BCUT2D eigenvalue weighted by Gasteiger charge is 2.21. The number of rotatable bonds is 8. The average Bonchev–Trinajstić information content (AvgIpc) is 3.24. The molecule has 1 amide bonds. The van der Waals surface area contributed by atoms with Gasteiger partial charge >= 0.3 is 4.87 Å². The molecule has 0 aliphatic rings. The number of nitrogens with zero attached hydrogens (tertiary/aromatic N) is 1. The number of nitrogens with one attached hydrogen (secondary N) is 2. The maximum Gasteiger partial charge on any atom is 0.308 e. The maximum absolute atomic E-state index is 13.3. The molecule has 1 atom stereocenters. The van der Waals surface area contributed by atoms with Crippen molar-refractivity contribution in [3.8, 4) is 0 Å². The maximum atomic E-state index is 13.3. The number of amides is 1. The number of benzene rings is 4. The van der Waals surface area contributed by atoms with E-state index in [0.717, 1.165) is 22.5 Å². The summed E-state index contributed by atoms with van der Waals surface area (Å²) in [6, 6.07) is 27.4. The summed E-state index contributed by atoms with van der Waals surface area (Å²) in [4.78, 5) is 25.6. The Labute approximate surface area is 234 Å². The van der Waals surface area contributed by atoms with Gasteiger partial charge in [0.25, 0.3) is 15.9 Å². The molecule has 0 spiro atoms. The van der Waals surface area contributed by atoms with Crippen LogP contribution in [0, 0.1) is 0 Å². The molecule has 0 unspecified atom stereocenters. The van der Waals surface area contributed by atoms with Gasteiger partial charge in [-0.3, -0.25) is 18.9 Å². The number of carbonyl (C=O) groups is 1. The fourth-order valence-corrected chi connectivity index (χ4v) is 6.45. The molecule has 2 N–H and O–H groups in total. The molecule has 1 heterocycles. The highest BCUT2D eigenvalue weighted by atomic mass is 35.5. The molecule has 39 heavy (non-hydrogen) atoms. The molecule has 5 aromatic rings. The molecule has 0 aliphatic carbocycles. The predicted molar refractivity (Wildman–Crippen MR) is 156 cm³/mol. The van der Waals surface area contributed by atoms with Gasteiger partial charge in [-0.05, 0) is 60.5 Å². The Bertz CT molecular complexity index is 1820. The molecule has 198 valence electrons. The lowest BCUT2D eigenvalue weighted by atomic mass is 10.1. The number of fused-ring (bicyclic) bond motifs is 1. The number of sulfonamides is 1. The molecule has 0 saturated carbocycles. The first kappa shape index (κ1) is 26.7. The second kappa shape index (κ2) is 11.1. The molecule has 0 bridgehead atoms. The van der Waals surface area contributed by atoms with Crippen LogP contribution in [0.15, 0.2) is 107 Å². The van der Waals surface area contributed by atoms with Crippen LogP contribution in [0.2, 0.25) is 5.02 Å². The van der Waals surface area contributed by atoms with E-state index >= 15 is 0 Å². The Morgan fingerprint density at radius 3 is 2.38 bits per heavy atom. The van der Waals surface area contributed by atoms with Gasteiger partial charge in [0.1, 0.15) is 0 Å². The number of aromatic nitrogens is 1. The topological polar surface area (TPSA) is 97.3 Å². The molecular formula is C29H24ClN3O4S2. The van der Waals surface area contributed by atoms with Crippen molar-refractivity contribution in [2.45, 2.75) is 24.4 Å². The number of carbonyl (C=O) groups excluding carboxylic acids is 1. The Morgan fingerprint density at radius 1 is 0.949 bits per heavy atom. The number of thiazole rings is 1. The van der Waals surface area contributed by atoms with E-state index < -0.39 is 15.9 Å². The normalized spacial score (nSPS) is 12.3. The van der Waals surface area contributed by atoms with Crippen LogP contribution in [-0.2, 0) is 16.6 Å². The average molecular weight is 578 g/mol. The third-order valence-corrected chi connectivity index (χ3v) is 8.82. The van der Waals surface area contributed by atoms with Crippen molar-refractivity contribution in [2.24, 2.45) is 0 Å². The molecule has 0 saturated heterocycles. The third-order valence-electron chi connectivity index (χ3n) is 6.27. The highest BCUT2D eigenvalue weighted by molar-refractivity contribution is 7.92. The van der Waals surface area contributed by atoms with Crippen molar-refractivity contribution in [3.63, 3.8) is 0 Å². The second-order valence-electron chi connectivity index (χ2n) is 8.97. The minimum Gasteiger partial charge on any atom is -0.345 e. The minimum absolute atomic E-state index is 0.0113. The van der Waals surface area contributed by atoms with E-state index in [-0.39, 0.29) is 27.1 Å². The zero-order chi connectivity index (χ0) is 27.6. The van der Waals surface area contributed by atoms with Crippen LogP contribution < -0.4 is 14.9 Å². The van der Waals surface area contributed by atoms with E-state index in [1.54, 1.807) is 47.0 Å². The van der Waals surface area contributed by atoms with Crippen molar-refractivity contribution in [2.75, 3.05) is 4.72 Å². The van der Waals surface area contributed by atoms with E-state index in [9.17, 15) is 18.0 Å². The summed E-state index contributed by atoms with van der Waals surface area (Å²) >= 11 is 6.94. The van der Waals surface area contributed by atoms with Gasteiger partial charge in [-0.1, -0.05) is 77.5 Å². The van der Waals surface area contributed by atoms with E-state index in [2.05, 4.69) is 10.0 Å². The summed E-state index contributed by atoms with van der Waals surface area (Å²) in [5.74, 6) is -0.405. The fraction of sp³-hybridized carbons (Fsp3) is 0.103. The first-order valence-electron chi connectivity index (χ1n) is 12.1. The van der Waals surface area contributed by atoms with Crippen molar-refractivity contribution in [1.82, 2.24) is 9.88 Å². The van der Waals surface area contributed by atoms with Gasteiger partial charge in [-0.15, -0.1) is 0 Å². The molecule has 7 nitrogen and oxygen atoms in total. The largest absolute Gasteiger partial charge is 0.345 e. The first-order chi connectivity index (χ1) is 18.7. The highest BCUT2D eigenvalue weighted by Crippen LogP contribution is 2.26. The molecule has 1 aromatic heterocycles. The smallest absolute Gasteiger partial charge is 0.308 e. The number of hydrogen-bond acceptors (Lipinski definition) is 5. The number of anilines is 1. The molecule has 4 aromatic carbocycles. The van der Waals surface area contributed by atoms with E-state index in [1.807, 2.05) is 49.4 Å². The number of halogens is 1. The van der Waals surface area contributed by atoms with Gasteiger partial charge in [0, 0.05) is 5.02 Å². The summed E-state index contributed by atoms with van der Waals surface area (Å²) in [5.41, 5.74) is 2.82. The van der Waals surface area contributed by atoms with Crippen LogP contribution in [0.4, 0.5) is 5.69 Å². The Hall–Kier alpha value is -3.92. The van der Waals surface area contributed by atoms with Gasteiger partial charge in [-0.25, -0.2) is 8.42 Å². The van der Waals surface area contributed by atoms with Crippen LogP contribution in [0.3, 0.4) is 0 Å². The summed E-state index contributed by atoms with van der Waals surface area (Å²) in [5, 5.41) is 3.52. The molecule has 10 heteroatoms. The predicted octanol–water partition coefficient (Wildman–Crippen LogP) is 6.06. The minimum atomic E-state index is -4.06. The van der Waals surface area contributed by atoms with Crippen LogP contribution in [0.1, 0.15) is 34.5 Å². The Morgan fingerprint density at radius 2 is 1.64 bits per heavy atom. The molecule has 5 rings (SSSR count). The van der Waals surface area contributed by atoms with Crippen molar-refractivity contribution in [1.29, 1.82) is 0 Å². The van der Waals surface area contributed by atoms with Crippen LogP contribution in [0.25, 0.3) is 10.2 Å². The van der Waals surface area contributed by atoms with Gasteiger partial charge in [-0.2, -0.15) is 0 Å². The van der Waals surface area contributed by atoms with E-state index in [0.29, 0.717) is 21.8 Å². The van der Waals surface area contributed by atoms with Crippen LogP contribution in [0.5, 0.6) is 0 Å². The SMILES string of the molecule is C[C@H](NC(=O)c1ccccc1NS(=O)(=O)c1ccc2c(c1)sc(=O)n2Cc1ccc(Cl)cc1)c1ccccc1. The van der Waals surface area contributed by atoms with Crippen molar-refractivity contribution < 1.29 is 13.2 Å². The lowest BCUT2D eigenvalue weighted by Crippen LogP contribution is -2.28. The van der Waals surface area contributed by atoms with Crippen LogP contribution in [-0.4, -0.2) is 18.9 Å². The van der Waals surface area contributed by atoms with Crippen molar-refractivity contribution in [3.05, 3.63) is 128 Å². The van der Waals surface area contributed by atoms with Crippen molar-refractivity contribution >= 4 is 54.8 Å². The quantitative estimate of drug-likeness (QED) is 0.234. The zero-order valence-corrected chi connectivity index (χ0v) is 23.2. The zero-order valence-electron chi connectivity index (χ0n) is 20.8. The molecule has 0 aliphatic heterocycles. The summed E-state index contributed by atoms with van der Waals surface area (Å²) in [7, 11) is -4.06. The van der Waals surface area contributed by atoms with Gasteiger partial charge < -0.3 is 5.32 Å². The van der Waals surface area contributed by atoms with Crippen LogP contribution >= 0.6 is 22.9 Å². The molecule has 0 radical (unpaired) electrons. The lowest BCUT2D eigenvalue weighted by molar-refractivity contribution is 0.0941. The molecule has 0 fully saturated rings. The van der Waals surface area contributed by atoms with Gasteiger partial charge in [0.05, 0.1) is 38.9 Å². The lowest BCUT2D eigenvalue weighted by Gasteiger charge is -2.17. The summed E-state index contributed by atoms with van der Waals surface area (Å²) in [6.07, 6.45) is 0. The first-order valence-corrected chi connectivity index (χ1v) is 14.7. The summed E-state index contributed by atoms with van der Waals surface area (Å²) in [6.45, 7) is 2.20. The molecular weight excluding hydrogens is 554 g/mol. The van der Waals surface area contributed by atoms with E-state index in [1.165, 1.54) is 12.1 Å². The monoisotopic (exact) mass is 577 g/mol. The fourth-order valence-electron chi connectivity index (χ4n) is 4.21. The Kier molecular flexibility index (Phi) is 7.56. The number of para-hydroxylation sites is 1.